The molecule has 1 aliphatic heterocycles. The van der Waals surface area contributed by atoms with Crippen LogP contribution in [0.5, 0.6) is 5.75 Å². The van der Waals surface area contributed by atoms with Gasteiger partial charge in [-0.25, -0.2) is 0 Å². The van der Waals surface area contributed by atoms with Crippen LogP contribution in [0.1, 0.15) is 31.7 Å². The number of piperidine rings is 1. The molecule has 18 heavy (non-hydrogen) atoms. The van der Waals surface area contributed by atoms with Gasteiger partial charge in [0.2, 0.25) is 0 Å². The van der Waals surface area contributed by atoms with Crippen LogP contribution in [0.15, 0.2) is 18.2 Å². The molecule has 3 heteroatoms. The Morgan fingerprint density at radius 1 is 1.39 bits per heavy atom. The first-order valence-electron chi connectivity index (χ1n) is 6.87. The molecule has 0 amide bonds. The summed E-state index contributed by atoms with van der Waals surface area (Å²) in [7, 11) is 1.65. The van der Waals surface area contributed by atoms with Gasteiger partial charge in [-0.05, 0) is 50.4 Å². The molecule has 1 aromatic carbocycles. The second kappa shape index (κ2) is 6.10. The van der Waals surface area contributed by atoms with Gasteiger partial charge in [-0.2, -0.15) is 0 Å². The highest BCUT2D eigenvalue weighted by Crippen LogP contribution is 2.23. The van der Waals surface area contributed by atoms with Crippen LogP contribution >= 0.6 is 0 Å². The van der Waals surface area contributed by atoms with Crippen molar-refractivity contribution in [3.05, 3.63) is 23.8 Å². The van der Waals surface area contributed by atoms with Gasteiger partial charge in [-0.3, -0.25) is 0 Å². The fourth-order valence-corrected chi connectivity index (χ4v) is 2.70. The molecule has 0 saturated carbocycles. The minimum absolute atomic E-state index is 0.731. The van der Waals surface area contributed by atoms with E-state index in [2.05, 4.69) is 17.9 Å². The van der Waals surface area contributed by atoms with Gasteiger partial charge in [0, 0.05) is 12.6 Å². The molecule has 2 N–H and O–H groups in total. The van der Waals surface area contributed by atoms with Crippen LogP contribution < -0.4 is 10.5 Å². The van der Waals surface area contributed by atoms with E-state index < -0.39 is 0 Å². The molecule has 100 valence electrons. The molecule has 0 spiro atoms. The Bertz CT molecular complexity index is 392. The third kappa shape index (κ3) is 3.16. The van der Waals surface area contributed by atoms with E-state index >= 15 is 0 Å². The molecule has 1 aromatic rings. The SMILES string of the molecule is COc1ccc(CCN2CCCCC2C)cc1N. The largest absolute Gasteiger partial charge is 0.495 e. The minimum atomic E-state index is 0.731. The van der Waals surface area contributed by atoms with Crippen molar-refractivity contribution in [1.29, 1.82) is 0 Å². The summed E-state index contributed by atoms with van der Waals surface area (Å²) in [4.78, 5) is 2.59. The van der Waals surface area contributed by atoms with Crippen LogP contribution in [0, 0.1) is 0 Å². The van der Waals surface area contributed by atoms with Crippen LogP contribution in [0.2, 0.25) is 0 Å². The van der Waals surface area contributed by atoms with Crippen LogP contribution in [-0.2, 0) is 6.42 Å². The third-order valence-corrected chi connectivity index (χ3v) is 3.92. The fraction of sp³-hybridized carbons (Fsp3) is 0.600. The lowest BCUT2D eigenvalue weighted by Crippen LogP contribution is -2.38. The van der Waals surface area contributed by atoms with E-state index in [1.54, 1.807) is 7.11 Å². The molecular weight excluding hydrogens is 224 g/mol. The van der Waals surface area contributed by atoms with Gasteiger partial charge in [-0.15, -0.1) is 0 Å². The normalized spacial score (nSPS) is 20.9. The Kier molecular flexibility index (Phi) is 4.48. The third-order valence-electron chi connectivity index (χ3n) is 3.92. The highest BCUT2D eigenvalue weighted by molar-refractivity contribution is 5.54. The maximum Gasteiger partial charge on any atom is 0.141 e. The molecule has 1 saturated heterocycles. The second-order valence-electron chi connectivity index (χ2n) is 5.21. The summed E-state index contributed by atoms with van der Waals surface area (Å²) in [6.07, 6.45) is 5.13. The number of nitrogen functional groups attached to an aromatic ring is 1. The number of nitrogens with two attached hydrogens (primary N) is 1. The maximum atomic E-state index is 5.93. The van der Waals surface area contributed by atoms with E-state index in [1.807, 2.05) is 12.1 Å². The molecule has 1 heterocycles. The quantitative estimate of drug-likeness (QED) is 0.833. The molecule has 2 rings (SSSR count). The van der Waals surface area contributed by atoms with Crippen molar-refractivity contribution >= 4 is 5.69 Å². The number of rotatable bonds is 4. The van der Waals surface area contributed by atoms with E-state index in [1.165, 1.54) is 31.4 Å². The summed E-state index contributed by atoms with van der Waals surface area (Å²) in [5.74, 6) is 0.769. The number of benzene rings is 1. The first-order chi connectivity index (χ1) is 8.70. The molecule has 0 radical (unpaired) electrons. The van der Waals surface area contributed by atoms with E-state index in [0.717, 1.165) is 30.4 Å². The van der Waals surface area contributed by atoms with Gasteiger partial charge in [0.15, 0.2) is 0 Å². The van der Waals surface area contributed by atoms with Gasteiger partial charge in [0.05, 0.1) is 12.8 Å². The molecule has 1 fully saturated rings. The zero-order valence-corrected chi connectivity index (χ0v) is 11.5. The summed E-state index contributed by atoms with van der Waals surface area (Å²) in [5.41, 5.74) is 7.96. The minimum Gasteiger partial charge on any atom is -0.495 e. The molecular formula is C15H24N2O. The number of ether oxygens (including phenoxy) is 1. The lowest BCUT2D eigenvalue weighted by Gasteiger charge is -2.33. The number of hydrogen-bond acceptors (Lipinski definition) is 3. The van der Waals surface area contributed by atoms with Crippen molar-refractivity contribution in [3.63, 3.8) is 0 Å². The van der Waals surface area contributed by atoms with Gasteiger partial charge < -0.3 is 15.4 Å². The first-order valence-corrected chi connectivity index (χ1v) is 6.87. The molecule has 1 unspecified atom stereocenters. The monoisotopic (exact) mass is 248 g/mol. The molecule has 0 aliphatic carbocycles. The highest BCUT2D eigenvalue weighted by Gasteiger charge is 2.17. The first kappa shape index (κ1) is 13.2. The Hall–Kier alpha value is -1.22. The summed E-state index contributed by atoms with van der Waals surface area (Å²) in [6.45, 7) is 4.71. The lowest BCUT2D eigenvalue weighted by molar-refractivity contribution is 0.163. The van der Waals surface area contributed by atoms with Gasteiger partial charge >= 0.3 is 0 Å². The summed E-state index contributed by atoms with van der Waals surface area (Å²) < 4.78 is 5.18. The summed E-state index contributed by atoms with van der Waals surface area (Å²) >= 11 is 0. The number of hydrogen-bond donors (Lipinski definition) is 1. The van der Waals surface area contributed by atoms with Gasteiger partial charge in [0.1, 0.15) is 5.75 Å². The zero-order chi connectivity index (χ0) is 13.0. The van der Waals surface area contributed by atoms with Gasteiger partial charge in [0.25, 0.3) is 0 Å². The van der Waals surface area contributed by atoms with E-state index in [0.29, 0.717) is 0 Å². The maximum absolute atomic E-state index is 5.93. The van der Waals surface area contributed by atoms with Crippen molar-refractivity contribution in [2.24, 2.45) is 0 Å². The topological polar surface area (TPSA) is 38.5 Å². The molecule has 0 bridgehead atoms. The van der Waals surface area contributed by atoms with Crippen LogP contribution in [0.3, 0.4) is 0 Å². The smallest absolute Gasteiger partial charge is 0.141 e. The Morgan fingerprint density at radius 2 is 2.22 bits per heavy atom. The zero-order valence-electron chi connectivity index (χ0n) is 11.5. The average molecular weight is 248 g/mol. The number of methoxy groups -OCH3 is 1. The molecule has 1 aliphatic rings. The van der Waals surface area contributed by atoms with Crippen LogP contribution in [0.25, 0.3) is 0 Å². The van der Waals surface area contributed by atoms with Crippen LogP contribution in [-0.4, -0.2) is 31.1 Å². The second-order valence-corrected chi connectivity index (χ2v) is 5.21. The molecule has 1 atom stereocenters. The standard InChI is InChI=1S/C15H24N2O/c1-12-5-3-4-9-17(12)10-8-13-6-7-15(18-2)14(16)11-13/h6-7,11-12H,3-5,8-10,16H2,1-2H3. The van der Waals surface area contributed by atoms with Gasteiger partial charge in [-0.1, -0.05) is 12.5 Å². The van der Waals surface area contributed by atoms with E-state index in [9.17, 15) is 0 Å². The van der Waals surface area contributed by atoms with Crippen molar-refractivity contribution in [3.8, 4) is 5.75 Å². The lowest BCUT2D eigenvalue weighted by atomic mass is 10.0. The number of likely N-dealkylation sites (tertiary alicyclic amines) is 1. The Morgan fingerprint density at radius 3 is 2.89 bits per heavy atom. The highest BCUT2D eigenvalue weighted by atomic mass is 16.5. The van der Waals surface area contributed by atoms with E-state index in [4.69, 9.17) is 10.5 Å². The average Bonchev–Trinajstić information content (AvgIpc) is 2.38. The summed E-state index contributed by atoms with van der Waals surface area (Å²) in [5, 5.41) is 0. The number of nitrogens with zero attached hydrogens (tertiary/aromatic N) is 1. The predicted molar refractivity (Wildman–Crippen MR) is 76.0 cm³/mol. The van der Waals surface area contributed by atoms with E-state index in [-0.39, 0.29) is 0 Å². The van der Waals surface area contributed by atoms with Crippen molar-refractivity contribution < 1.29 is 4.74 Å². The van der Waals surface area contributed by atoms with Crippen molar-refractivity contribution in [2.45, 2.75) is 38.6 Å². The summed E-state index contributed by atoms with van der Waals surface area (Å²) in [6, 6.07) is 6.84. The molecule has 0 aromatic heterocycles. The predicted octanol–water partition coefficient (Wildman–Crippen LogP) is 2.69. The van der Waals surface area contributed by atoms with Crippen LogP contribution in [0.4, 0.5) is 5.69 Å². The fourth-order valence-electron chi connectivity index (χ4n) is 2.70. The van der Waals surface area contributed by atoms with Crippen molar-refractivity contribution in [2.75, 3.05) is 25.9 Å². The number of anilines is 1. The van der Waals surface area contributed by atoms with Crippen molar-refractivity contribution in [1.82, 2.24) is 4.90 Å². The Labute approximate surface area is 110 Å². The Balaban J connectivity index is 1.91. The molecule has 3 nitrogen and oxygen atoms in total.